The van der Waals surface area contributed by atoms with E-state index in [2.05, 4.69) is 0 Å². The molecule has 1 aliphatic heterocycles. The lowest BCUT2D eigenvalue weighted by Crippen LogP contribution is -2.50. The van der Waals surface area contributed by atoms with E-state index in [9.17, 15) is 19.5 Å². The topological polar surface area (TPSA) is 87.2 Å². The molecule has 5 rings (SSSR count). The zero-order chi connectivity index (χ0) is 24.0. The van der Waals surface area contributed by atoms with Gasteiger partial charge in [-0.3, -0.25) is 9.59 Å². The molecule has 0 bridgehead atoms. The second kappa shape index (κ2) is 7.97. The molecule has 0 radical (unpaired) electrons. The number of amides is 2. The molecule has 0 aromatic heterocycles. The van der Waals surface area contributed by atoms with Crippen molar-refractivity contribution in [1.29, 1.82) is 0 Å². The summed E-state index contributed by atoms with van der Waals surface area (Å²) >= 11 is 0. The second-order valence-corrected chi connectivity index (χ2v) is 8.21. The second-order valence-electron chi connectivity index (χ2n) is 8.21. The number of fused-ring (bicyclic) bond motifs is 2. The van der Waals surface area contributed by atoms with Gasteiger partial charge in [-0.1, -0.05) is 60.7 Å². The third kappa shape index (κ3) is 2.90. The number of para-hydroxylation sites is 2. The van der Waals surface area contributed by atoms with E-state index < -0.39 is 29.3 Å². The van der Waals surface area contributed by atoms with Crippen LogP contribution in [0.3, 0.4) is 0 Å². The molecule has 2 amide bonds. The summed E-state index contributed by atoms with van der Waals surface area (Å²) < 4.78 is 4.96. The summed E-state index contributed by atoms with van der Waals surface area (Å²) in [6.07, 6.45) is 0. The smallest absolute Gasteiger partial charge is 0.343 e. The van der Waals surface area contributed by atoms with Crippen molar-refractivity contribution in [2.75, 3.05) is 24.0 Å². The van der Waals surface area contributed by atoms with Crippen molar-refractivity contribution in [2.45, 2.75) is 5.60 Å². The molecule has 1 heterocycles. The number of hydrogen-bond acceptors (Lipinski definition) is 6. The fourth-order valence-electron chi connectivity index (χ4n) is 4.89. The number of rotatable bonds is 4. The van der Waals surface area contributed by atoms with Gasteiger partial charge in [-0.05, 0) is 24.3 Å². The molecule has 1 N–H and O–H groups in total. The molecule has 34 heavy (non-hydrogen) atoms. The Morgan fingerprint density at radius 3 is 2.18 bits per heavy atom. The van der Waals surface area contributed by atoms with Crippen LogP contribution in [0.2, 0.25) is 0 Å². The van der Waals surface area contributed by atoms with Crippen molar-refractivity contribution in [3.05, 3.63) is 102 Å². The Morgan fingerprint density at radius 2 is 1.53 bits per heavy atom. The zero-order valence-corrected chi connectivity index (χ0v) is 18.6. The molecule has 1 saturated heterocycles. The highest BCUT2D eigenvalue weighted by Crippen LogP contribution is 2.52. The normalized spacial score (nSPS) is 21.3. The van der Waals surface area contributed by atoms with E-state index in [0.29, 0.717) is 16.9 Å². The standard InChI is InChI=1S/C27H22N2O5/c1-28(17-11-5-3-6-12-17)23-19-15-9-10-16-20(19)27(33,26(32)34-2)22-21(23)24(30)29(25(22)31)18-13-7-4-8-14-18/h3-16,22,33H,1-2H3. The van der Waals surface area contributed by atoms with Crippen molar-refractivity contribution in [2.24, 2.45) is 5.92 Å². The third-order valence-corrected chi connectivity index (χ3v) is 6.45. The van der Waals surface area contributed by atoms with Crippen LogP contribution < -0.4 is 9.80 Å². The van der Waals surface area contributed by atoms with E-state index in [0.717, 1.165) is 17.7 Å². The van der Waals surface area contributed by atoms with E-state index in [4.69, 9.17) is 4.74 Å². The summed E-state index contributed by atoms with van der Waals surface area (Å²) in [5.41, 5.74) is -0.0341. The van der Waals surface area contributed by atoms with Crippen molar-refractivity contribution in [3.8, 4) is 0 Å². The van der Waals surface area contributed by atoms with Gasteiger partial charge in [0.1, 0.15) is 5.92 Å². The molecule has 1 aliphatic carbocycles. The minimum Gasteiger partial charge on any atom is -0.467 e. The van der Waals surface area contributed by atoms with Crippen molar-refractivity contribution >= 4 is 34.9 Å². The molecule has 0 saturated carbocycles. The number of benzene rings is 3. The number of aliphatic hydroxyl groups is 1. The van der Waals surface area contributed by atoms with Gasteiger partial charge in [0.25, 0.3) is 5.91 Å². The SMILES string of the molecule is COC(=O)C1(O)c2ccccc2C(N(C)c2ccccc2)=C2C(=O)N(c3ccccc3)C(=O)C21. The highest BCUT2D eigenvalue weighted by atomic mass is 16.5. The highest BCUT2D eigenvalue weighted by Gasteiger charge is 2.63. The summed E-state index contributed by atoms with van der Waals surface area (Å²) in [7, 11) is 2.94. The summed E-state index contributed by atoms with van der Waals surface area (Å²) in [6, 6.07) is 24.6. The highest BCUT2D eigenvalue weighted by molar-refractivity contribution is 6.33. The van der Waals surface area contributed by atoms with Crippen molar-refractivity contribution < 1.29 is 24.2 Å². The Morgan fingerprint density at radius 1 is 0.941 bits per heavy atom. The molecule has 2 atom stereocenters. The molecule has 0 spiro atoms. The molecular weight excluding hydrogens is 432 g/mol. The van der Waals surface area contributed by atoms with E-state index >= 15 is 0 Å². The van der Waals surface area contributed by atoms with Crippen LogP contribution >= 0.6 is 0 Å². The average molecular weight is 454 g/mol. The van der Waals surface area contributed by atoms with Gasteiger partial charge in [-0.15, -0.1) is 0 Å². The third-order valence-electron chi connectivity index (χ3n) is 6.45. The molecule has 2 unspecified atom stereocenters. The first-order valence-electron chi connectivity index (χ1n) is 10.8. The van der Waals surface area contributed by atoms with Gasteiger partial charge < -0.3 is 14.7 Å². The molecule has 7 nitrogen and oxygen atoms in total. The van der Waals surface area contributed by atoms with Gasteiger partial charge in [0, 0.05) is 23.9 Å². The molecule has 3 aromatic rings. The predicted molar refractivity (Wildman–Crippen MR) is 127 cm³/mol. The van der Waals surface area contributed by atoms with Gasteiger partial charge in [-0.2, -0.15) is 0 Å². The number of nitrogens with zero attached hydrogens (tertiary/aromatic N) is 2. The molecule has 170 valence electrons. The number of esters is 1. The van der Waals surface area contributed by atoms with Crippen molar-refractivity contribution in [3.63, 3.8) is 0 Å². The predicted octanol–water partition coefficient (Wildman–Crippen LogP) is 3.10. The Kier molecular flexibility index (Phi) is 5.06. The number of carbonyl (C=O) groups is 3. The number of hydrogen-bond donors (Lipinski definition) is 1. The van der Waals surface area contributed by atoms with Crippen LogP contribution in [0.15, 0.2) is 90.5 Å². The van der Waals surface area contributed by atoms with Gasteiger partial charge >= 0.3 is 5.97 Å². The first kappa shape index (κ1) is 21.6. The lowest BCUT2D eigenvalue weighted by molar-refractivity contribution is -0.170. The Bertz CT molecular complexity index is 1340. The largest absolute Gasteiger partial charge is 0.467 e. The number of methoxy groups -OCH3 is 1. The van der Waals surface area contributed by atoms with Crippen LogP contribution in [0, 0.1) is 5.92 Å². The summed E-state index contributed by atoms with van der Waals surface area (Å²) in [5.74, 6) is -3.74. The quantitative estimate of drug-likeness (QED) is 0.482. The minimum atomic E-state index is -2.36. The molecule has 1 fully saturated rings. The zero-order valence-electron chi connectivity index (χ0n) is 18.6. The van der Waals surface area contributed by atoms with Gasteiger partial charge in [0.15, 0.2) is 0 Å². The van der Waals surface area contributed by atoms with Gasteiger partial charge in [-0.25, -0.2) is 9.69 Å². The number of anilines is 2. The fraction of sp³-hybridized carbons (Fsp3) is 0.148. The number of carbonyl (C=O) groups excluding carboxylic acids is 3. The van der Waals surface area contributed by atoms with Crippen LogP contribution in [0.1, 0.15) is 11.1 Å². The van der Waals surface area contributed by atoms with E-state index in [1.807, 2.05) is 30.3 Å². The van der Waals surface area contributed by atoms with Gasteiger partial charge in [0.2, 0.25) is 11.5 Å². The van der Waals surface area contributed by atoms with Crippen LogP contribution in [0.4, 0.5) is 11.4 Å². The summed E-state index contributed by atoms with van der Waals surface area (Å²) in [5, 5.41) is 11.9. The van der Waals surface area contributed by atoms with Gasteiger partial charge in [0.05, 0.1) is 24.1 Å². The Labute approximate surface area is 196 Å². The number of ether oxygens (including phenoxy) is 1. The molecule has 7 heteroatoms. The maximum atomic E-state index is 13.9. The summed E-state index contributed by atoms with van der Waals surface area (Å²) in [4.78, 5) is 43.5. The monoisotopic (exact) mass is 454 g/mol. The lowest BCUT2D eigenvalue weighted by Gasteiger charge is -2.39. The molecule has 3 aromatic carbocycles. The maximum absolute atomic E-state index is 13.9. The van der Waals surface area contributed by atoms with Crippen LogP contribution in [-0.4, -0.2) is 37.0 Å². The summed E-state index contributed by atoms with van der Waals surface area (Å²) in [6.45, 7) is 0. The van der Waals surface area contributed by atoms with E-state index in [1.165, 1.54) is 0 Å². The first-order chi connectivity index (χ1) is 16.4. The van der Waals surface area contributed by atoms with Crippen LogP contribution in [0.25, 0.3) is 5.70 Å². The molecular formula is C27H22N2O5. The minimum absolute atomic E-state index is 0.0480. The lowest BCUT2D eigenvalue weighted by atomic mass is 9.70. The van der Waals surface area contributed by atoms with Crippen LogP contribution in [-0.2, 0) is 24.7 Å². The van der Waals surface area contributed by atoms with Crippen molar-refractivity contribution in [1.82, 2.24) is 0 Å². The van der Waals surface area contributed by atoms with E-state index in [1.54, 1.807) is 66.5 Å². The average Bonchev–Trinajstić information content (AvgIpc) is 3.15. The molecule has 2 aliphatic rings. The first-order valence-corrected chi connectivity index (χ1v) is 10.8. The van der Waals surface area contributed by atoms with E-state index in [-0.39, 0.29) is 11.1 Å². The fourth-order valence-corrected chi connectivity index (χ4v) is 4.89. The van der Waals surface area contributed by atoms with Crippen LogP contribution in [0.5, 0.6) is 0 Å². The Hall–Kier alpha value is -4.23. The maximum Gasteiger partial charge on any atom is 0.343 e. The number of imide groups is 1. The Balaban J connectivity index is 1.84.